The zero-order chi connectivity index (χ0) is 14.9. The van der Waals surface area contributed by atoms with Crippen LogP contribution in [0.3, 0.4) is 0 Å². The molecule has 0 radical (unpaired) electrons. The van der Waals surface area contributed by atoms with Crippen molar-refractivity contribution < 1.29 is 4.74 Å². The highest BCUT2D eigenvalue weighted by Crippen LogP contribution is 2.14. The van der Waals surface area contributed by atoms with E-state index in [1.807, 2.05) is 0 Å². The Morgan fingerprint density at radius 3 is 2.48 bits per heavy atom. The summed E-state index contributed by atoms with van der Waals surface area (Å²) in [7, 11) is 0. The summed E-state index contributed by atoms with van der Waals surface area (Å²) in [6.45, 7) is 7.66. The summed E-state index contributed by atoms with van der Waals surface area (Å²) in [6, 6.07) is 0.380. The lowest BCUT2D eigenvalue weighted by Gasteiger charge is -2.26. The lowest BCUT2D eigenvalue weighted by molar-refractivity contribution is 0.267. The minimum Gasteiger partial charge on any atom is -0.463 e. The van der Waals surface area contributed by atoms with Crippen LogP contribution < -0.4 is 15.5 Å². The van der Waals surface area contributed by atoms with Crippen LogP contribution >= 0.6 is 0 Å². The number of hydrazine groups is 1. The molecule has 1 aliphatic rings. The summed E-state index contributed by atoms with van der Waals surface area (Å²) < 4.78 is 5.54. The van der Waals surface area contributed by atoms with E-state index in [4.69, 9.17) is 4.74 Å². The summed E-state index contributed by atoms with van der Waals surface area (Å²) in [5, 5.41) is 5.35. The Labute approximate surface area is 126 Å². The molecule has 21 heavy (non-hydrogen) atoms. The predicted molar refractivity (Wildman–Crippen MR) is 83.4 cm³/mol. The summed E-state index contributed by atoms with van der Waals surface area (Å²) in [4.78, 5) is 13.0. The molecule has 0 unspecified atom stereocenters. The van der Waals surface area contributed by atoms with E-state index in [1.54, 1.807) is 0 Å². The molecule has 1 aliphatic heterocycles. The lowest BCUT2D eigenvalue weighted by Crippen LogP contribution is -2.35. The van der Waals surface area contributed by atoms with Gasteiger partial charge in [-0.2, -0.15) is 15.0 Å². The Bertz CT molecular complexity index is 396. The third kappa shape index (κ3) is 5.34. The Morgan fingerprint density at radius 2 is 1.76 bits per heavy atom. The molecule has 1 aromatic rings. The van der Waals surface area contributed by atoms with Crippen LogP contribution in [0.25, 0.3) is 0 Å². The van der Waals surface area contributed by atoms with Gasteiger partial charge in [-0.05, 0) is 25.7 Å². The van der Waals surface area contributed by atoms with E-state index in [9.17, 15) is 0 Å². The second-order valence-corrected chi connectivity index (χ2v) is 5.20. The molecule has 7 nitrogen and oxygen atoms in total. The van der Waals surface area contributed by atoms with Gasteiger partial charge in [0.2, 0.25) is 11.9 Å². The Hall–Kier alpha value is -1.63. The molecule has 1 saturated heterocycles. The van der Waals surface area contributed by atoms with Gasteiger partial charge in [0.15, 0.2) is 0 Å². The monoisotopic (exact) mass is 294 g/mol. The first kappa shape index (κ1) is 15.8. The number of piperidine rings is 1. The molecule has 0 bridgehead atoms. The van der Waals surface area contributed by atoms with Gasteiger partial charge in [0, 0.05) is 19.6 Å². The van der Waals surface area contributed by atoms with Crippen molar-refractivity contribution in [1.29, 1.82) is 0 Å². The molecule has 1 fully saturated rings. The van der Waals surface area contributed by atoms with Crippen molar-refractivity contribution in [2.24, 2.45) is 0 Å². The Balaban J connectivity index is 2.05. The van der Waals surface area contributed by atoms with E-state index in [0.29, 0.717) is 24.5 Å². The summed E-state index contributed by atoms with van der Waals surface area (Å²) in [6.07, 6.45) is 5.66. The van der Waals surface area contributed by atoms with Crippen LogP contribution in [-0.4, -0.2) is 46.2 Å². The smallest absolute Gasteiger partial charge is 0.323 e. The fourth-order valence-corrected chi connectivity index (χ4v) is 2.13. The van der Waals surface area contributed by atoms with E-state index in [0.717, 1.165) is 32.5 Å². The first-order chi connectivity index (χ1) is 10.3. The molecule has 7 heteroatoms. The van der Waals surface area contributed by atoms with Gasteiger partial charge >= 0.3 is 6.01 Å². The van der Waals surface area contributed by atoms with E-state index < -0.39 is 0 Å². The van der Waals surface area contributed by atoms with Crippen molar-refractivity contribution >= 4 is 11.9 Å². The molecule has 0 spiro atoms. The number of hydrogen-bond donors (Lipinski definition) is 2. The quantitative estimate of drug-likeness (QED) is 0.762. The van der Waals surface area contributed by atoms with Crippen LogP contribution in [0.15, 0.2) is 0 Å². The zero-order valence-electron chi connectivity index (χ0n) is 13.1. The highest BCUT2D eigenvalue weighted by molar-refractivity contribution is 5.35. The van der Waals surface area contributed by atoms with Gasteiger partial charge in [-0.15, -0.1) is 0 Å². The maximum atomic E-state index is 5.54. The van der Waals surface area contributed by atoms with Crippen LogP contribution in [0.5, 0.6) is 6.01 Å². The molecule has 118 valence electrons. The van der Waals surface area contributed by atoms with Crippen LogP contribution in [-0.2, 0) is 0 Å². The van der Waals surface area contributed by atoms with E-state index in [-0.39, 0.29) is 0 Å². The number of ether oxygens (including phenoxy) is 1. The van der Waals surface area contributed by atoms with Crippen LogP contribution in [0, 0.1) is 0 Å². The second-order valence-electron chi connectivity index (χ2n) is 5.20. The molecule has 0 atom stereocenters. The summed E-state index contributed by atoms with van der Waals surface area (Å²) in [5.74, 6) is 1.12. The molecule has 2 heterocycles. The number of hydrogen-bond acceptors (Lipinski definition) is 7. The van der Waals surface area contributed by atoms with Crippen molar-refractivity contribution in [2.45, 2.75) is 46.0 Å². The molecule has 0 aromatic carbocycles. The maximum absolute atomic E-state index is 5.54. The topological polar surface area (TPSA) is 75.2 Å². The third-order valence-corrected chi connectivity index (χ3v) is 3.20. The number of nitrogens with zero attached hydrogens (tertiary/aromatic N) is 4. The summed E-state index contributed by atoms with van der Waals surface area (Å²) in [5.41, 5.74) is 3.27. The van der Waals surface area contributed by atoms with Crippen molar-refractivity contribution in [3.63, 3.8) is 0 Å². The molecule has 2 rings (SSSR count). The third-order valence-electron chi connectivity index (χ3n) is 3.20. The zero-order valence-corrected chi connectivity index (χ0v) is 13.1. The number of nitrogens with one attached hydrogen (secondary N) is 2. The average Bonchev–Trinajstić information content (AvgIpc) is 2.52. The van der Waals surface area contributed by atoms with Gasteiger partial charge < -0.3 is 10.1 Å². The van der Waals surface area contributed by atoms with E-state index in [1.165, 1.54) is 19.3 Å². The minimum absolute atomic E-state index is 0.380. The second kappa shape index (κ2) is 8.61. The predicted octanol–water partition coefficient (Wildman–Crippen LogP) is 2.30. The van der Waals surface area contributed by atoms with Crippen molar-refractivity contribution in [3.05, 3.63) is 0 Å². The molecule has 0 aliphatic carbocycles. The highest BCUT2D eigenvalue weighted by Gasteiger charge is 2.13. The SMILES string of the molecule is CCCNc1nc(NN2CCCCC2)nc(OCCC)n1. The first-order valence-corrected chi connectivity index (χ1v) is 7.96. The number of rotatable bonds is 8. The minimum atomic E-state index is 0.380. The highest BCUT2D eigenvalue weighted by atomic mass is 16.5. The lowest BCUT2D eigenvalue weighted by atomic mass is 10.2. The number of anilines is 2. The van der Waals surface area contributed by atoms with Crippen LogP contribution in [0.4, 0.5) is 11.9 Å². The van der Waals surface area contributed by atoms with Crippen LogP contribution in [0.2, 0.25) is 0 Å². The van der Waals surface area contributed by atoms with E-state index >= 15 is 0 Å². The van der Waals surface area contributed by atoms with Gasteiger partial charge in [0.05, 0.1) is 6.61 Å². The Kier molecular flexibility index (Phi) is 6.46. The first-order valence-electron chi connectivity index (χ1n) is 7.96. The summed E-state index contributed by atoms with van der Waals surface area (Å²) >= 11 is 0. The fourth-order valence-electron chi connectivity index (χ4n) is 2.13. The molecule has 0 amide bonds. The standard InChI is InChI=1S/C14H26N6O/c1-3-8-15-12-16-13(18-14(17-12)21-11-4-2)19-20-9-6-5-7-10-20/h3-11H2,1-2H3,(H2,15,16,17,18,19). The average molecular weight is 294 g/mol. The molecule has 0 saturated carbocycles. The molecule has 1 aromatic heterocycles. The van der Waals surface area contributed by atoms with Crippen molar-refractivity contribution in [3.8, 4) is 6.01 Å². The van der Waals surface area contributed by atoms with Crippen LogP contribution in [0.1, 0.15) is 46.0 Å². The fraction of sp³-hybridized carbons (Fsp3) is 0.786. The van der Waals surface area contributed by atoms with Gasteiger partial charge in [-0.25, -0.2) is 5.01 Å². The molecule has 2 N–H and O–H groups in total. The normalized spacial score (nSPS) is 15.7. The molecular formula is C14H26N6O. The maximum Gasteiger partial charge on any atom is 0.323 e. The van der Waals surface area contributed by atoms with Crippen molar-refractivity contribution in [1.82, 2.24) is 20.0 Å². The van der Waals surface area contributed by atoms with Crippen molar-refractivity contribution in [2.75, 3.05) is 37.0 Å². The van der Waals surface area contributed by atoms with Gasteiger partial charge in [0.1, 0.15) is 0 Å². The van der Waals surface area contributed by atoms with Gasteiger partial charge in [-0.1, -0.05) is 20.3 Å². The van der Waals surface area contributed by atoms with Gasteiger partial charge in [0.25, 0.3) is 0 Å². The Morgan fingerprint density at radius 1 is 1.00 bits per heavy atom. The van der Waals surface area contributed by atoms with Gasteiger partial charge in [-0.3, -0.25) is 5.43 Å². The number of aromatic nitrogens is 3. The largest absolute Gasteiger partial charge is 0.463 e. The van der Waals surface area contributed by atoms with E-state index in [2.05, 4.69) is 44.6 Å². The molecular weight excluding hydrogens is 268 g/mol.